The fraction of sp³-hybridized carbons (Fsp3) is 0.286. The minimum absolute atomic E-state index is 0.250. The van der Waals surface area contributed by atoms with Gasteiger partial charge >= 0.3 is 18.3 Å². The predicted octanol–water partition coefficient (Wildman–Crippen LogP) is 15.0. The number of hydrogen-bond acceptors (Lipinski definition) is 6. The van der Waals surface area contributed by atoms with Gasteiger partial charge in [0, 0.05) is 116 Å². The second kappa shape index (κ2) is 27.4. The van der Waals surface area contributed by atoms with Gasteiger partial charge in [-0.25, -0.2) is 18.8 Å². The molecule has 0 spiro atoms. The fourth-order valence-electron chi connectivity index (χ4n) is 9.49. The molecule has 0 fully saturated rings. The molecule has 0 saturated heterocycles. The molecule has 12 nitrogen and oxygen atoms in total. The molecule has 414 valence electrons. The quantitative estimate of drug-likeness (QED) is 0.0948. The van der Waals surface area contributed by atoms with Gasteiger partial charge in [0.2, 0.25) is 0 Å². The van der Waals surface area contributed by atoms with Crippen molar-refractivity contribution in [3.05, 3.63) is 211 Å². The monoisotopic (exact) mass is 1130 g/mol. The van der Waals surface area contributed by atoms with Crippen LogP contribution in [0.25, 0.3) is 32.7 Å². The first-order valence-corrected chi connectivity index (χ1v) is 27.1. The van der Waals surface area contributed by atoms with E-state index in [0.29, 0.717) is 42.5 Å². The maximum absolute atomic E-state index is 13.7. The van der Waals surface area contributed by atoms with Gasteiger partial charge < -0.3 is 42.6 Å². The molecule has 0 saturated carbocycles. The molecule has 0 aliphatic heterocycles. The number of aryl methyl sites for hydroxylation is 3. The van der Waals surface area contributed by atoms with Crippen LogP contribution in [0.15, 0.2) is 140 Å². The van der Waals surface area contributed by atoms with Crippen LogP contribution in [-0.2, 0) is 74.4 Å². The normalized spacial score (nSPS) is 10.9. The van der Waals surface area contributed by atoms with Crippen molar-refractivity contribution in [1.29, 1.82) is 0 Å². The van der Waals surface area contributed by atoms with Crippen LogP contribution in [0.2, 0.25) is 15.1 Å². The number of nitrogens with zero attached hydrogens (tertiary/aromatic N) is 6. The number of halogens is 4. The van der Waals surface area contributed by atoms with E-state index in [-0.39, 0.29) is 43.9 Å². The van der Waals surface area contributed by atoms with E-state index < -0.39 is 0 Å². The van der Waals surface area contributed by atoms with Crippen LogP contribution in [-0.4, -0.2) is 87.5 Å². The summed E-state index contributed by atoms with van der Waals surface area (Å²) in [6, 6.07) is 43.3. The van der Waals surface area contributed by atoms with E-state index in [9.17, 15) is 18.8 Å². The third-order valence-corrected chi connectivity index (χ3v) is 15.2. The van der Waals surface area contributed by atoms with Crippen LogP contribution in [0, 0.1) is 26.6 Å². The van der Waals surface area contributed by atoms with Crippen molar-refractivity contribution in [3.63, 3.8) is 0 Å². The first-order valence-electron chi connectivity index (χ1n) is 26.0. The molecule has 0 N–H and O–H groups in total. The standard InChI is InChI=1S/C21H22Cl2N2O2.C21H23ClN2O2.C21H23FN2O2/c1-14-17(18-11-16(22)12-19(23)20(18)25(14)3)9-10-24(2)21(26)27-13-15-7-5-4-6-8-15;2*1-15-18(19-13-17(22)9-10-20(19)24(15)3)11-12-23(2)21(25)26-14-16-7-5-4-6-8-16/h4-8,11-12H,9-10,13H2,1-3H3;2*4-10,13H,11-12,14H2,1-3H3. The van der Waals surface area contributed by atoms with E-state index >= 15 is 0 Å². The van der Waals surface area contributed by atoms with Gasteiger partial charge in [-0.1, -0.05) is 126 Å². The number of likely N-dealkylation sites (N-methyl/N-ethyl adjacent to an activating group) is 3. The molecule has 0 aliphatic rings. The van der Waals surface area contributed by atoms with Crippen molar-refractivity contribution < 1.29 is 33.0 Å². The third kappa shape index (κ3) is 15.0. The molecule has 3 aromatic heterocycles. The van der Waals surface area contributed by atoms with Gasteiger partial charge in [0.25, 0.3) is 0 Å². The van der Waals surface area contributed by atoms with Crippen LogP contribution >= 0.6 is 34.8 Å². The summed E-state index contributed by atoms with van der Waals surface area (Å²) in [5, 5.41) is 5.03. The summed E-state index contributed by atoms with van der Waals surface area (Å²) in [6.45, 7) is 8.59. The van der Waals surface area contributed by atoms with Crippen molar-refractivity contribution in [2.75, 3.05) is 40.8 Å². The van der Waals surface area contributed by atoms with E-state index in [1.165, 1.54) is 17.3 Å². The molecule has 6 aromatic carbocycles. The number of benzene rings is 6. The molecule has 0 atom stereocenters. The Bertz CT molecular complexity index is 3390. The van der Waals surface area contributed by atoms with E-state index in [1.807, 2.05) is 150 Å². The van der Waals surface area contributed by atoms with Crippen LogP contribution < -0.4 is 0 Å². The molecule has 0 radical (unpaired) electrons. The van der Waals surface area contributed by atoms with Crippen molar-refractivity contribution in [3.8, 4) is 0 Å². The van der Waals surface area contributed by atoms with Gasteiger partial charge in [-0.2, -0.15) is 0 Å². The first kappa shape index (κ1) is 59.2. The highest BCUT2D eigenvalue weighted by Crippen LogP contribution is 2.34. The Balaban J connectivity index is 0.000000172. The number of hydrogen-bond donors (Lipinski definition) is 0. The summed E-state index contributed by atoms with van der Waals surface area (Å²) in [4.78, 5) is 41.4. The summed E-state index contributed by atoms with van der Waals surface area (Å²) in [7, 11) is 11.2. The average Bonchev–Trinajstić information content (AvgIpc) is 3.96. The van der Waals surface area contributed by atoms with E-state index in [1.54, 1.807) is 54.0 Å². The molecule has 16 heteroatoms. The number of amides is 3. The molecule has 0 unspecified atom stereocenters. The maximum atomic E-state index is 13.7. The number of aromatic nitrogens is 3. The summed E-state index contributed by atoms with van der Waals surface area (Å²) >= 11 is 18.7. The van der Waals surface area contributed by atoms with E-state index in [2.05, 4.69) is 20.6 Å². The Labute approximate surface area is 477 Å². The summed E-state index contributed by atoms with van der Waals surface area (Å²) < 4.78 is 36.0. The zero-order valence-electron chi connectivity index (χ0n) is 46.3. The third-order valence-electron chi connectivity index (χ3n) is 14.4. The lowest BCUT2D eigenvalue weighted by molar-refractivity contribution is 0.104. The van der Waals surface area contributed by atoms with Gasteiger partial charge in [0.15, 0.2) is 0 Å². The highest BCUT2D eigenvalue weighted by atomic mass is 35.5. The van der Waals surface area contributed by atoms with Crippen LogP contribution in [0.4, 0.5) is 18.8 Å². The molecule has 0 aliphatic carbocycles. The molecular formula is C63H68Cl3FN6O6. The number of fused-ring (bicyclic) bond motifs is 3. The van der Waals surface area contributed by atoms with Gasteiger partial charge in [-0.05, 0) is 122 Å². The van der Waals surface area contributed by atoms with Crippen LogP contribution in [0.5, 0.6) is 0 Å². The minimum atomic E-state index is -0.363. The Morgan fingerprint density at radius 2 is 0.810 bits per heavy atom. The highest BCUT2D eigenvalue weighted by molar-refractivity contribution is 6.38. The molecule has 9 rings (SSSR count). The summed E-state index contributed by atoms with van der Waals surface area (Å²) in [5.41, 5.74) is 12.8. The summed E-state index contributed by atoms with van der Waals surface area (Å²) in [6.07, 6.45) is 1.07. The second-order valence-corrected chi connectivity index (χ2v) is 20.9. The van der Waals surface area contributed by atoms with Crippen molar-refractivity contribution >= 4 is 85.8 Å². The Morgan fingerprint density at radius 1 is 0.456 bits per heavy atom. The summed E-state index contributed by atoms with van der Waals surface area (Å²) in [5.74, 6) is -0.250. The highest BCUT2D eigenvalue weighted by Gasteiger charge is 2.20. The zero-order chi connectivity index (χ0) is 56.9. The first-order chi connectivity index (χ1) is 37.8. The smallest absolute Gasteiger partial charge is 0.409 e. The van der Waals surface area contributed by atoms with Gasteiger partial charge in [-0.3, -0.25) is 0 Å². The van der Waals surface area contributed by atoms with Crippen LogP contribution in [0.3, 0.4) is 0 Å². The second-order valence-electron chi connectivity index (χ2n) is 19.6. The number of carbonyl (C=O) groups is 3. The predicted molar refractivity (Wildman–Crippen MR) is 317 cm³/mol. The molecule has 9 aromatic rings. The lowest BCUT2D eigenvalue weighted by Crippen LogP contribution is -2.29. The maximum Gasteiger partial charge on any atom is 0.409 e. The fourth-order valence-corrected chi connectivity index (χ4v) is 10.3. The lowest BCUT2D eigenvalue weighted by atomic mass is 10.1. The lowest BCUT2D eigenvalue weighted by Gasteiger charge is -2.17. The molecular weight excluding hydrogens is 1060 g/mol. The number of ether oxygens (including phenoxy) is 3. The Kier molecular flexibility index (Phi) is 20.6. The van der Waals surface area contributed by atoms with Gasteiger partial charge in [-0.15, -0.1) is 0 Å². The Hall–Kier alpha value is -7.45. The topological polar surface area (TPSA) is 103 Å². The van der Waals surface area contributed by atoms with Gasteiger partial charge in [0.05, 0.1) is 10.5 Å². The van der Waals surface area contributed by atoms with Crippen molar-refractivity contribution in [1.82, 2.24) is 28.4 Å². The molecule has 3 amide bonds. The van der Waals surface area contributed by atoms with Crippen molar-refractivity contribution in [2.24, 2.45) is 21.1 Å². The van der Waals surface area contributed by atoms with E-state index in [0.717, 1.165) is 83.4 Å². The van der Waals surface area contributed by atoms with Crippen LogP contribution in [0.1, 0.15) is 50.5 Å². The van der Waals surface area contributed by atoms with Crippen molar-refractivity contribution in [2.45, 2.75) is 59.9 Å². The zero-order valence-corrected chi connectivity index (χ0v) is 48.6. The van der Waals surface area contributed by atoms with E-state index in [4.69, 9.17) is 49.0 Å². The molecule has 79 heavy (non-hydrogen) atoms. The Morgan fingerprint density at radius 3 is 1.23 bits per heavy atom. The molecule has 3 heterocycles. The molecule has 0 bridgehead atoms. The largest absolute Gasteiger partial charge is 0.445 e. The number of rotatable bonds is 15. The average molecular weight is 1130 g/mol. The minimum Gasteiger partial charge on any atom is -0.445 e. The SMILES string of the molecule is Cc1c(CCN(C)C(=O)OCc2ccccc2)c2cc(Cl)cc(Cl)c2n1C.Cc1c(CCN(C)C(=O)OCc2ccccc2)c2cc(Cl)ccc2n1C.Cc1c(CCN(C)C(=O)OCc2ccccc2)c2cc(F)ccc2n1C. The van der Waals surface area contributed by atoms with Gasteiger partial charge in [0.1, 0.15) is 25.6 Å². The number of carbonyl (C=O) groups excluding carboxylic acids is 3.